The Kier molecular flexibility index (Phi) is 8.91. The van der Waals surface area contributed by atoms with Crippen molar-refractivity contribution in [2.45, 2.75) is 44.4 Å². The predicted molar refractivity (Wildman–Crippen MR) is 138 cm³/mol. The molecule has 0 radical (unpaired) electrons. The summed E-state index contributed by atoms with van der Waals surface area (Å²) in [4.78, 5) is 12.0. The number of aromatic nitrogens is 2. The van der Waals surface area contributed by atoms with E-state index in [1.165, 1.54) is 43.9 Å². The summed E-state index contributed by atoms with van der Waals surface area (Å²) >= 11 is 7.28. The van der Waals surface area contributed by atoms with Crippen molar-refractivity contribution in [1.29, 1.82) is 0 Å². The number of nitrogens with one attached hydrogen (secondary N) is 1. The van der Waals surface area contributed by atoms with Crippen LogP contribution in [0.1, 0.15) is 54.2 Å². The van der Waals surface area contributed by atoms with E-state index >= 15 is 0 Å². The number of hydrogen-bond acceptors (Lipinski definition) is 8. The third-order valence-corrected chi connectivity index (χ3v) is 6.71. The summed E-state index contributed by atoms with van der Waals surface area (Å²) in [6.45, 7) is 0.737. The number of carbonyl (C=O) groups excluding carboxylic acids is 1. The fourth-order valence-corrected chi connectivity index (χ4v) is 4.81. The maximum atomic E-state index is 12.0. The Labute approximate surface area is 213 Å². The van der Waals surface area contributed by atoms with E-state index in [1.807, 2.05) is 12.1 Å². The number of carbonyl (C=O) groups is 1. The van der Waals surface area contributed by atoms with Crippen LogP contribution in [0.5, 0.6) is 11.5 Å². The third-order valence-electron chi connectivity index (χ3n) is 5.73. The molecule has 0 bridgehead atoms. The van der Waals surface area contributed by atoms with Gasteiger partial charge in [-0.2, -0.15) is 5.10 Å². The van der Waals surface area contributed by atoms with Crippen LogP contribution < -0.4 is 20.6 Å². The first kappa shape index (κ1) is 24.9. The van der Waals surface area contributed by atoms with Crippen LogP contribution in [0.2, 0.25) is 5.02 Å². The lowest BCUT2D eigenvalue weighted by Gasteiger charge is -2.22. The van der Waals surface area contributed by atoms with Crippen molar-refractivity contribution in [3.63, 3.8) is 0 Å². The number of rotatable bonds is 10. The predicted octanol–water partition coefficient (Wildman–Crippen LogP) is 4.97. The second-order valence-corrected chi connectivity index (χ2v) is 9.82. The van der Waals surface area contributed by atoms with Crippen LogP contribution >= 0.6 is 22.9 Å². The Morgan fingerprint density at radius 3 is 2.63 bits per heavy atom. The quantitative estimate of drug-likeness (QED) is 0.225. The molecule has 1 fully saturated rings. The lowest BCUT2D eigenvalue weighted by atomic mass is 9.84. The van der Waals surface area contributed by atoms with Crippen LogP contribution in [0.25, 0.3) is 0 Å². The molecule has 1 aromatic heterocycles. The van der Waals surface area contributed by atoms with Gasteiger partial charge in [-0.15, -0.1) is 10.2 Å². The monoisotopic (exact) mass is 513 g/mol. The van der Waals surface area contributed by atoms with E-state index in [0.717, 1.165) is 17.1 Å². The van der Waals surface area contributed by atoms with Gasteiger partial charge in [-0.3, -0.25) is 4.79 Å². The minimum absolute atomic E-state index is 0.0457. The molecule has 0 saturated heterocycles. The van der Waals surface area contributed by atoms with E-state index in [1.54, 1.807) is 18.2 Å². The number of benzene rings is 2. The molecule has 3 aromatic rings. The Morgan fingerprint density at radius 2 is 1.89 bits per heavy atom. The molecular weight excluding hydrogens is 486 g/mol. The summed E-state index contributed by atoms with van der Waals surface area (Å²) < 4.78 is 11.7. The molecule has 1 heterocycles. The molecule has 0 spiro atoms. The number of halogens is 1. The molecule has 1 saturated carbocycles. The number of hydrazone groups is 1. The minimum atomic E-state index is -0.329. The van der Waals surface area contributed by atoms with Gasteiger partial charge < -0.3 is 15.2 Å². The Balaban J connectivity index is 1.24. The highest BCUT2D eigenvalue weighted by Crippen LogP contribution is 2.33. The van der Waals surface area contributed by atoms with E-state index in [-0.39, 0.29) is 12.3 Å². The number of hydrogen-bond donors (Lipinski definition) is 2. The molecule has 1 aliphatic carbocycles. The van der Waals surface area contributed by atoms with Gasteiger partial charge in [0.15, 0.2) is 0 Å². The van der Waals surface area contributed by atoms with Crippen LogP contribution in [0.4, 0.5) is 5.13 Å². The zero-order valence-electron chi connectivity index (χ0n) is 19.3. The maximum Gasteiger partial charge on any atom is 0.247 e. The summed E-state index contributed by atoms with van der Waals surface area (Å²) in [6.07, 6.45) is 8.09. The van der Waals surface area contributed by atoms with Gasteiger partial charge in [0.1, 0.15) is 29.7 Å². The van der Waals surface area contributed by atoms with E-state index in [2.05, 4.69) is 32.9 Å². The van der Waals surface area contributed by atoms with Crippen LogP contribution in [0.15, 0.2) is 47.6 Å². The molecule has 0 atom stereocenters. The zero-order chi connectivity index (χ0) is 24.5. The Bertz CT molecular complexity index is 1150. The van der Waals surface area contributed by atoms with Gasteiger partial charge in [-0.05, 0) is 54.7 Å². The van der Waals surface area contributed by atoms with Crippen molar-refractivity contribution in [1.82, 2.24) is 15.6 Å². The van der Waals surface area contributed by atoms with Gasteiger partial charge in [0.2, 0.25) is 11.0 Å². The molecule has 10 heteroatoms. The SMILES string of the molecule is Nc1nnc(CC(=O)N/N=C/c2cc(Cl)ccc2OCCOc2ccc(C3CCCCC3)cc2)s1. The van der Waals surface area contributed by atoms with Crippen molar-refractivity contribution in [2.75, 3.05) is 18.9 Å². The van der Waals surface area contributed by atoms with Gasteiger partial charge in [0, 0.05) is 10.6 Å². The van der Waals surface area contributed by atoms with Gasteiger partial charge in [0.25, 0.3) is 0 Å². The number of amides is 1. The standard InChI is InChI=1S/C25H28ClN5O3S/c26-20-8-11-22(19(14-20)16-28-29-23(32)15-24-30-31-25(27)35-24)34-13-12-33-21-9-6-18(7-10-21)17-4-2-1-3-5-17/h6-11,14,16-17H,1-5,12-13,15H2,(H2,27,31)(H,29,32)/b28-16+. The molecule has 3 N–H and O–H groups in total. The first-order chi connectivity index (χ1) is 17.1. The van der Waals surface area contributed by atoms with E-state index in [0.29, 0.717) is 45.6 Å². The summed E-state index contributed by atoms with van der Waals surface area (Å²) in [5, 5.41) is 12.9. The molecular formula is C25H28ClN5O3S. The normalized spacial score (nSPS) is 14.2. The topological polar surface area (TPSA) is 112 Å². The van der Waals surface area contributed by atoms with E-state index in [9.17, 15) is 4.79 Å². The number of anilines is 1. The molecule has 184 valence electrons. The Hall–Kier alpha value is -3.17. The number of nitrogen functional groups attached to an aromatic ring is 1. The van der Waals surface area contributed by atoms with Gasteiger partial charge in [-0.25, -0.2) is 5.43 Å². The molecule has 35 heavy (non-hydrogen) atoms. The summed E-state index contributed by atoms with van der Waals surface area (Å²) in [7, 11) is 0. The smallest absolute Gasteiger partial charge is 0.247 e. The number of nitrogens with two attached hydrogens (primary N) is 1. The maximum absolute atomic E-state index is 12.0. The molecule has 8 nitrogen and oxygen atoms in total. The molecule has 0 unspecified atom stereocenters. The average molecular weight is 514 g/mol. The first-order valence-corrected chi connectivity index (χ1v) is 12.8. The van der Waals surface area contributed by atoms with Crippen LogP contribution in [0.3, 0.4) is 0 Å². The van der Waals surface area contributed by atoms with Crippen molar-refractivity contribution in [2.24, 2.45) is 5.10 Å². The van der Waals surface area contributed by atoms with Crippen molar-refractivity contribution >= 4 is 40.2 Å². The average Bonchev–Trinajstić information content (AvgIpc) is 3.28. The van der Waals surface area contributed by atoms with E-state index < -0.39 is 0 Å². The first-order valence-electron chi connectivity index (χ1n) is 11.6. The number of nitrogens with zero attached hydrogens (tertiary/aromatic N) is 3. The molecule has 2 aromatic carbocycles. The van der Waals surface area contributed by atoms with Crippen LogP contribution in [-0.2, 0) is 11.2 Å². The minimum Gasteiger partial charge on any atom is -0.490 e. The molecule has 0 aliphatic heterocycles. The Morgan fingerprint density at radius 1 is 1.11 bits per heavy atom. The molecule has 4 rings (SSSR count). The largest absolute Gasteiger partial charge is 0.490 e. The lowest BCUT2D eigenvalue weighted by molar-refractivity contribution is -0.120. The van der Waals surface area contributed by atoms with Crippen LogP contribution in [-0.4, -0.2) is 35.5 Å². The zero-order valence-corrected chi connectivity index (χ0v) is 20.9. The molecule has 1 amide bonds. The third kappa shape index (κ3) is 7.66. The highest BCUT2D eigenvalue weighted by Gasteiger charge is 2.15. The second kappa shape index (κ2) is 12.5. The molecule has 1 aliphatic rings. The van der Waals surface area contributed by atoms with Gasteiger partial charge in [0.05, 0.1) is 12.6 Å². The summed E-state index contributed by atoms with van der Waals surface area (Å²) in [6, 6.07) is 13.6. The van der Waals surface area contributed by atoms with E-state index in [4.69, 9.17) is 26.8 Å². The second-order valence-electron chi connectivity index (χ2n) is 8.29. The van der Waals surface area contributed by atoms with Gasteiger partial charge >= 0.3 is 0 Å². The van der Waals surface area contributed by atoms with Gasteiger partial charge in [-0.1, -0.05) is 54.3 Å². The fraction of sp³-hybridized carbons (Fsp3) is 0.360. The number of ether oxygens (including phenoxy) is 2. The van der Waals surface area contributed by atoms with Crippen molar-refractivity contribution < 1.29 is 14.3 Å². The van der Waals surface area contributed by atoms with Crippen molar-refractivity contribution in [3.05, 3.63) is 63.6 Å². The summed E-state index contributed by atoms with van der Waals surface area (Å²) in [5.41, 5.74) is 10.0. The summed E-state index contributed by atoms with van der Waals surface area (Å²) in [5.74, 6) is 1.76. The highest BCUT2D eigenvalue weighted by atomic mass is 35.5. The lowest BCUT2D eigenvalue weighted by Crippen LogP contribution is -2.19. The van der Waals surface area contributed by atoms with Crippen LogP contribution in [0, 0.1) is 0 Å². The fourth-order valence-electron chi connectivity index (χ4n) is 4.02. The highest BCUT2D eigenvalue weighted by molar-refractivity contribution is 7.15. The van der Waals surface area contributed by atoms with Crippen molar-refractivity contribution in [3.8, 4) is 11.5 Å².